The molecule has 4 heteroatoms. The van der Waals surface area contributed by atoms with Crippen molar-refractivity contribution < 1.29 is 8.42 Å². The molecule has 0 spiro atoms. The Hall–Kier alpha value is -0.870. The van der Waals surface area contributed by atoms with Gasteiger partial charge in [0.15, 0.2) is 9.84 Å². The molecule has 0 amide bonds. The molecule has 1 aliphatic rings. The van der Waals surface area contributed by atoms with Crippen LogP contribution in [0, 0.1) is 0 Å². The van der Waals surface area contributed by atoms with E-state index in [0.29, 0.717) is 12.5 Å². The highest BCUT2D eigenvalue weighted by Crippen LogP contribution is 2.21. The quantitative estimate of drug-likeness (QED) is 0.838. The second kappa shape index (κ2) is 6.72. The molecule has 0 aromatic heterocycles. The highest BCUT2D eigenvalue weighted by Gasteiger charge is 2.27. The maximum absolute atomic E-state index is 11.7. The fourth-order valence-electron chi connectivity index (χ4n) is 2.89. The standard InChI is InChI=1S/C16H25NO2S/c1-14(15-7-4-3-5-8-15)10-12-17-11-6-9-16(13-17)20(2,18)19/h3-5,7-8,14,16H,6,9-13H2,1-2H3/t14-,16+/m1/s1. The predicted molar refractivity (Wildman–Crippen MR) is 83.8 cm³/mol. The van der Waals surface area contributed by atoms with Crippen molar-refractivity contribution in [1.82, 2.24) is 4.90 Å². The second-order valence-electron chi connectivity index (χ2n) is 5.99. The van der Waals surface area contributed by atoms with E-state index in [1.807, 2.05) is 6.07 Å². The van der Waals surface area contributed by atoms with Gasteiger partial charge < -0.3 is 4.90 Å². The number of benzene rings is 1. The predicted octanol–water partition coefficient (Wildman–Crippen LogP) is 2.69. The summed E-state index contributed by atoms with van der Waals surface area (Å²) in [7, 11) is -2.89. The fraction of sp³-hybridized carbons (Fsp3) is 0.625. The van der Waals surface area contributed by atoms with Crippen LogP contribution in [-0.2, 0) is 9.84 Å². The molecule has 112 valence electrons. The molecule has 0 radical (unpaired) electrons. The van der Waals surface area contributed by atoms with Crippen molar-refractivity contribution in [3.8, 4) is 0 Å². The lowest BCUT2D eigenvalue weighted by molar-refractivity contribution is 0.224. The number of sulfone groups is 1. The summed E-state index contributed by atoms with van der Waals surface area (Å²) in [4.78, 5) is 2.31. The third-order valence-corrected chi connectivity index (χ3v) is 5.91. The average molecular weight is 295 g/mol. The first-order valence-corrected chi connectivity index (χ1v) is 9.38. The highest BCUT2D eigenvalue weighted by molar-refractivity contribution is 7.91. The summed E-state index contributed by atoms with van der Waals surface area (Å²) >= 11 is 0. The Morgan fingerprint density at radius 3 is 2.65 bits per heavy atom. The van der Waals surface area contributed by atoms with Crippen molar-refractivity contribution in [1.29, 1.82) is 0 Å². The van der Waals surface area contributed by atoms with Gasteiger partial charge in [0.05, 0.1) is 5.25 Å². The van der Waals surface area contributed by atoms with E-state index in [2.05, 4.69) is 36.1 Å². The van der Waals surface area contributed by atoms with Crippen LogP contribution in [-0.4, -0.2) is 44.5 Å². The average Bonchev–Trinajstić information content (AvgIpc) is 2.45. The summed E-state index contributed by atoms with van der Waals surface area (Å²) in [6.07, 6.45) is 4.27. The minimum absolute atomic E-state index is 0.164. The van der Waals surface area contributed by atoms with Gasteiger partial charge in [-0.25, -0.2) is 8.42 Å². The van der Waals surface area contributed by atoms with Gasteiger partial charge in [0.25, 0.3) is 0 Å². The van der Waals surface area contributed by atoms with E-state index < -0.39 is 9.84 Å². The lowest BCUT2D eigenvalue weighted by atomic mass is 9.97. The largest absolute Gasteiger partial charge is 0.302 e. The Morgan fingerprint density at radius 1 is 1.30 bits per heavy atom. The van der Waals surface area contributed by atoms with E-state index >= 15 is 0 Å². The molecule has 3 nitrogen and oxygen atoms in total. The molecule has 2 rings (SSSR count). The van der Waals surface area contributed by atoms with Crippen molar-refractivity contribution in [2.24, 2.45) is 0 Å². The van der Waals surface area contributed by atoms with E-state index in [0.717, 1.165) is 32.4 Å². The van der Waals surface area contributed by atoms with Gasteiger partial charge in [-0.05, 0) is 43.8 Å². The van der Waals surface area contributed by atoms with Crippen LogP contribution in [0.4, 0.5) is 0 Å². The van der Waals surface area contributed by atoms with Crippen LogP contribution in [0.2, 0.25) is 0 Å². The molecule has 1 aromatic carbocycles. The fourth-order valence-corrected chi connectivity index (χ4v) is 3.97. The topological polar surface area (TPSA) is 37.4 Å². The molecular weight excluding hydrogens is 270 g/mol. The molecule has 1 heterocycles. The van der Waals surface area contributed by atoms with Crippen LogP contribution in [0.1, 0.15) is 37.7 Å². The zero-order chi connectivity index (χ0) is 14.6. The molecule has 20 heavy (non-hydrogen) atoms. The maximum Gasteiger partial charge on any atom is 0.151 e. The third-order valence-electron chi connectivity index (χ3n) is 4.31. The molecule has 0 bridgehead atoms. The number of likely N-dealkylation sites (tertiary alicyclic amines) is 1. The Morgan fingerprint density at radius 2 is 2.00 bits per heavy atom. The van der Waals surface area contributed by atoms with Gasteiger partial charge in [-0.15, -0.1) is 0 Å². The second-order valence-corrected chi connectivity index (χ2v) is 8.32. The summed E-state index contributed by atoms with van der Waals surface area (Å²) in [6, 6.07) is 10.5. The summed E-state index contributed by atoms with van der Waals surface area (Å²) in [6.45, 7) is 4.98. The first-order chi connectivity index (χ1) is 9.47. The number of hydrogen-bond donors (Lipinski definition) is 0. The van der Waals surface area contributed by atoms with Crippen LogP contribution >= 0.6 is 0 Å². The van der Waals surface area contributed by atoms with Crippen LogP contribution < -0.4 is 0 Å². The van der Waals surface area contributed by atoms with E-state index in [-0.39, 0.29) is 5.25 Å². The van der Waals surface area contributed by atoms with Gasteiger partial charge >= 0.3 is 0 Å². The van der Waals surface area contributed by atoms with Gasteiger partial charge in [0, 0.05) is 12.8 Å². The van der Waals surface area contributed by atoms with E-state index in [1.54, 1.807) is 0 Å². The van der Waals surface area contributed by atoms with Crippen LogP contribution in [0.25, 0.3) is 0 Å². The van der Waals surface area contributed by atoms with E-state index in [1.165, 1.54) is 11.8 Å². The van der Waals surface area contributed by atoms with Crippen LogP contribution in [0.5, 0.6) is 0 Å². The molecular formula is C16H25NO2S. The first-order valence-electron chi connectivity index (χ1n) is 7.43. The van der Waals surface area contributed by atoms with Gasteiger partial charge in [-0.2, -0.15) is 0 Å². The zero-order valence-electron chi connectivity index (χ0n) is 12.5. The Balaban J connectivity index is 1.85. The van der Waals surface area contributed by atoms with Crippen molar-refractivity contribution in [2.45, 2.75) is 37.4 Å². The van der Waals surface area contributed by atoms with Crippen molar-refractivity contribution in [3.05, 3.63) is 35.9 Å². The molecule has 1 saturated heterocycles. The molecule has 1 aliphatic heterocycles. The SMILES string of the molecule is C[C@H](CCN1CCC[C@H](S(C)(=O)=O)C1)c1ccccc1. The minimum atomic E-state index is -2.89. The summed E-state index contributed by atoms with van der Waals surface area (Å²) < 4.78 is 23.3. The summed E-state index contributed by atoms with van der Waals surface area (Å²) in [5, 5.41) is -0.164. The van der Waals surface area contributed by atoms with E-state index in [4.69, 9.17) is 0 Å². The molecule has 0 unspecified atom stereocenters. The number of nitrogens with zero attached hydrogens (tertiary/aromatic N) is 1. The number of hydrogen-bond acceptors (Lipinski definition) is 3. The third kappa shape index (κ3) is 4.32. The number of piperidine rings is 1. The first kappa shape index (κ1) is 15.5. The molecule has 0 aliphatic carbocycles. The molecule has 0 N–H and O–H groups in total. The number of rotatable bonds is 5. The monoisotopic (exact) mass is 295 g/mol. The Bertz CT molecular complexity index is 513. The lowest BCUT2D eigenvalue weighted by Crippen LogP contribution is -2.42. The Labute approximate surface area is 122 Å². The Kier molecular flexibility index (Phi) is 5.22. The molecule has 2 atom stereocenters. The van der Waals surface area contributed by atoms with Crippen molar-refractivity contribution >= 4 is 9.84 Å². The summed E-state index contributed by atoms with van der Waals surface area (Å²) in [5.41, 5.74) is 1.36. The highest BCUT2D eigenvalue weighted by atomic mass is 32.2. The minimum Gasteiger partial charge on any atom is -0.302 e. The molecule has 0 saturated carbocycles. The van der Waals surface area contributed by atoms with Crippen LogP contribution in [0.15, 0.2) is 30.3 Å². The maximum atomic E-state index is 11.7. The summed E-state index contributed by atoms with van der Waals surface area (Å²) in [5.74, 6) is 0.523. The van der Waals surface area contributed by atoms with Gasteiger partial charge in [0.2, 0.25) is 0 Å². The van der Waals surface area contributed by atoms with Crippen LogP contribution in [0.3, 0.4) is 0 Å². The molecule has 1 aromatic rings. The molecule has 1 fully saturated rings. The van der Waals surface area contributed by atoms with Gasteiger partial charge in [0.1, 0.15) is 0 Å². The normalized spacial score (nSPS) is 22.6. The smallest absolute Gasteiger partial charge is 0.151 e. The van der Waals surface area contributed by atoms with Crippen molar-refractivity contribution in [2.75, 3.05) is 25.9 Å². The van der Waals surface area contributed by atoms with Gasteiger partial charge in [-0.1, -0.05) is 37.3 Å². The lowest BCUT2D eigenvalue weighted by Gasteiger charge is -2.32. The zero-order valence-corrected chi connectivity index (χ0v) is 13.3. The van der Waals surface area contributed by atoms with Gasteiger partial charge in [-0.3, -0.25) is 0 Å². The van der Waals surface area contributed by atoms with Crippen molar-refractivity contribution in [3.63, 3.8) is 0 Å². The van der Waals surface area contributed by atoms with E-state index in [9.17, 15) is 8.42 Å².